The number of fused-ring (bicyclic) bond motifs is 4. The van der Waals surface area contributed by atoms with E-state index >= 15 is 0 Å². The number of ketones is 1. The zero-order chi connectivity index (χ0) is 26.1. The van der Waals surface area contributed by atoms with E-state index in [2.05, 4.69) is 68.4 Å². The van der Waals surface area contributed by atoms with Gasteiger partial charge in [0, 0.05) is 41.8 Å². The molecule has 0 aliphatic rings. The molecule has 0 saturated heterocycles. The van der Waals surface area contributed by atoms with Crippen LogP contribution in [0.4, 0.5) is 0 Å². The molecule has 3 aromatic carbocycles. The molecule has 0 spiro atoms. The van der Waals surface area contributed by atoms with E-state index in [-0.39, 0.29) is 31.6 Å². The first-order valence-corrected chi connectivity index (χ1v) is 12.8. The number of carbonyl (C=O) groups is 1. The largest absolute Gasteiger partial charge is 0.512 e. The Morgan fingerprint density at radius 2 is 1.71 bits per heavy atom. The summed E-state index contributed by atoms with van der Waals surface area (Å²) in [6, 6.07) is 28.6. The molecular formula is C32H26IrNO3S-. The average molecular weight is 697 g/mol. The van der Waals surface area contributed by atoms with Crippen molar-refractivity contribution in [3.05, 3.63) is 102 Å². The van der Waals surface area contributed by atoms with Crippen LogP contribution >= 0.6 is 11.3 Å². The van der Waals surface area contributed by atoms with Crippen molar-refractivity contribution in [2.45, 2.75) is 27.7 Å². The fourth-order valence-electron chi connectivity index (χ4n) is 4.49. The minimum atomic E-state index is -0.125. The van der Waals surface area contributed by atoms with E-state index in [4.69, 9.17) is 14.5 Å². The summed E-state index contributed by atoms with van der Waals surface area (Å²) in [5, 5.41) is 11.7. The van der Waals surface area contributed by atoms with Crippen LogP contribution in [0, 0.1) is 19.9 Å². The summed E-state index contributed by atoms with van der Waals surface area (Å²) in [4.78, 5) is 17.3. The van der Waals surface area contributed by atoms with E-state index in [0.717, 1.165) is 43.4 Å². The molecule has 6 rings (SSSR count). The maximum atomic E-state index is 10.0. The number of aryl methyl sites for hydroxylation is 2. The van der Waals surface area contributed by atoms with Gasteiger partial charge in [0.2, 0.25) is 0 Å². The Kier molecular flexibility index (Phi) is 8.27. The summed E-state index contributed by atoms with van der Waals surface area (Å²) in [7, 11) is 0. The van der Waals surface area contributed by atoms with Crippen molar-refractivity contribution < 1.29 is 34.4 Å². The molecule has 193 valence electrons. The monoisotopic (exact) mass is 697 g/mol. The standard InChI is InChI=1S/C27H18NOS.C5H8O2.Ir/c1-16-12-17(2)14-19(13-16)25-15-18-10-11-23(28-27(18)30-25)22-8-5-7-21-20-6-3-4-9-24(20)29-26(21)22;1-4(6)3-5(2)7;/h3-7,9-15H,1-2H3;3,6H,1-2H3;/q-1;;/b;4-3-;. The van der Waals surface area contributed by atoms with E-state index in [1.54, 1.807) is 11.3 Å². The summed E-state index contributed by atoms with van der Waals surface area (Å²) in [6.45, 7) is 7.13. The van der Waals surface area contributed by atoms with Gasteiger partial charge in [0.05, 0.1) is 11.3 Å². The number of pyridine rings is 1. The molecule has 38 heavy (non-hydrogen) atoms. The van der Waals surface area contributed by atoms with Gasteiger partial charge in [0.1, 0.15) is 10.4 Å². The first kappa shape index (κ1) is 27.5. The van der Waals surface area contributed by atoms with E-state index in [1.807, 2.05) is 24.3 Å². The molecular weight excluding hydrogens is 671 g/mol. The number of aliphatic hydroxyl groups is 1. The molecule has 4 nitrogen and oxygen atoms in total. The number of para-hydroxylation sites is 1. The number of aliphatic hydroxyl groups excluding tert-OH is 1. The molecule has 0 saturated carbocycles. The van der Waals surface area contributed by atoms with Gasteiger partial charge in [-0.05, 0) is 51.1 Å². The Labute approximate surface area is 239 Å². The number of hydrogen-bond donors (Lipinski definition) is 1. The average Bonchev–Trinajstić information content (AvgIpc) is 3.44. The number of carbonyl (C=O) groups excluding carboxylic acids is 1. The Balaban J connectivity index is 0.000000375. The number of hydrogen-bond acceptors (Lipinski definition) is 5. The molecule has 1 radical (unpaired) electrons. The van der Waals surface area contributed by atoms with Gasteiger partial charge in [0.15, 0.2) is 5.78 Å². The second-order valence-electron chi connectivity index (χ2n) is 9.17. The molecule has 0 aliphatic heterocycles. The van der Waals surface area contributed by atoms with Crippen molar-refractivity contribution in [1.29, 1.82) is 0 Å². The van der Waals surface area contributed by atoms with Crippen LogP contribution in [0.15, 0.2) is 89.0 Å². The van der Waals surface area contributed by atoms with Gasteiger partial charge in [-0.2, -0.15) is 0 Å². The summed E-state index contributed by atoms with van der Waals surface area (Å²) >= 11 is 1.73. The number of benzene rings is 3. The van der Waals surface area contributed by atoms with Crippen LogP contribution in [-0.2, 0) is 24.9 Å². The third-order valence-corrected chi connectivity index (χ3v) is 6.99. The van der Waals surface area contributed by atoms with E-state index in [9.17, 15) is 4.79 Å². The Morgan fingerprint density at radius 3 is 2.39 bits per heavy atom. The fourth-order valence-corrected chi connectivity index (χ4v) is 5.51. The van der Waals surface area contributed by atoms with Crippen molar-refractivity contribution in [1.82, 2.24) is 4.98 Å². The Bertz CT molecular complexity index is 1790. The smallest absolute Gasteiger partial charge is 0.155 e. The van der Waals surface area contributed by atoms with Gasteiger partial charge in [0.25, 0.3) is 0 Å². The minimum Gasteiger partial charge on any atom is -0.512 e. The molecule has 3 heterocycles. The zero-order valence-electron chi connectivity index (χ0n) is 21.5. The van der Waals surface area contributed by atoms with Crippen molar-refractivity contribution in [2.75, 3.05) is 0 Å². The van der Waals surface area contributed by atoms with Crippen molar-refractivity contribution in [2.24, 2.45) is 0 Å². The predicted octanol–water partition coefficient (Wildman–Crippen LogP) is 8.98. The van der Waals surface area contributed by atoms with Gasteiger partial charge >= 0.3 is 0 Å². The number of nitrogens with zero attached hydrogens (tertiary/aromatic N) is 1. The Morgan fingerprint density at radius 1 is 0.974 bits per heavy atom. The minimum absolute atomic E-state index is 0. The molecule has 0 bridgehead atoms. The summed E-state index contributed by atoms with van der Waals surface area (Å²) in [5.74, 6) is -0.0625. The SMILES string of the molecule is CC(=O)/C=C(/C)O.Cc1cc(C)cc(-c2cc3ccc(-c4[c-]ccc5c4oc4ccccc45)nc3s2)c1.[Ir]. The van der Waals surface area contributed by atoms with Gasteiger partial charge in [-0.3, -0.25) is 9.78 Å². The molecule has 3 aromatic heterocycles. The third kappa shape index (κ3) is 5.78. The predicted molar refractivity (Wildman–Crippen MR) is 153 cm³/mol. The van der Waals surface area contributed by atoms with Gasteiger partial charge < -0.3 is 9.52 Å². The molecule has 0 aliphatic carbocycles. The number of furan rings is 1. The van der Waals surface area contributed by atoms with Crippen LogP contribution in [0.25, 0.3) is 53.9 Å². The molecule has 0 unspecified atom stereocenters. The van der Waals surface area contributed by atoms with Crippen LogP contribution in [0.5, 0.6) is 0 Å². The van der Waals surface area contributed by atoms with Crippen LogP contribution in [-0.4, -0.2) is 15.9 Å². The van der Waals surface area contributed by atoms with Crippen LogP contribution < -0.4 is 0 Å². The normalized spacial score (nSPS) is 11.3. The summed E-state index contributed by atoms with van der Waals surface area (Å²) in [6.07, 6.45) is 1.17. The molecule has 0 fully saturated rings. The first-order chi connectivity index (χ1) is 17.8. The Hall–Kier alpha value is -3.57. The second kappa shape index (κ2) is 11.4. The van der Waals surface area contributed by atoms with Crippen molar-refractivity contribution in [3.63, 3.8) is 0 Å². The van der Waals surface area contributed by atoms with Crippen molar-refractivity contribution >= 4 is 49.3 Å². The van der Waals surface area contributed by atoms with Gasteiger partial charge in [-0.25, -0.2) is 0 Å². The summed E-state index contributed by atoms with van der Waals surface area (Å²) in [5.41, 5.74) is 7.35. The fraction of sp³-hybridized carbons (Fsp3) is 0.125. The number of thiophene rings is 1. The van der Waals surface area contributed by atoms with E-state index in [0.29, 0.717) is 0 Å². The van der Waals surface area contributed by atoms with Crippen LogP contribution in [0.3, 0.4) is 0 Å². The van der Waals surface area contributed by atoms with E-state index in [1.165, 1.54) is 41.5 Å². The first-order valence-electron chi connectivity index (χ1n) is 12.0. The molecule has 0 amide bonds. The number of allylic oxidation sites excluding steroid dienone is 2. The second-order valence-corrected chi connectivity index (χ2v) is 10.2. The molecule has 0 atom stereocenters. The van der Waals surface area contributed by atoms with Gasteiger partial charge in [-0.15, -0.1) is 29.5 Å². The quantitative estimate of drug-likeness (QED) is 0.114. The van der Waals surface area contributed by atoms with Crippen LogP contribution in [0.2, 0.25) is 0 Å². The van der Waals surface area contributed by atoms with E-state index < -0.39 is 0 Å². The van der Waals surface area contributed by atoms with Crippen LogP contribution in [0.1, 0.15) is 25.0 Å². The number of rotatable bonds is 3. The number of aromatic nitrogens is 1. The summed E-state index contributed by atoms with van der Waals surface area (Å²) < 4.78 is 6.18. The zero-order valence-corrected chi connectivity index (χ0v) is 24.7. The molecule has 6 heteroatoms. The third-order valence-electron chi connectivity index (χ3n) is 5.90. The maximum Gasteiger partial charge on any atom is 0.155 e. The van der Waals surface area contributed by atoms with Crippen molar-refractivity contribution in [3.8, 4) is 21.7 Å². The molecule has 1 N–H and O–H groups in total. The maximum absolute atomic E-state index is 10.0. The molecule has 6 aromatic rings. The van der Waals surface area contributed by atoms with Gasteiger partial charge in [-0.1, -0.05) is 70.6 Å². The topological polar surface area (TPSA) is 63.3 Å².